The van der Waals surface area contributed by atoms with Crippen molar-refractivity contribution in [3.63, 3.8) is 0 Å². The van der Waals surface area contributed by atoms with Gasteiger partial charge in [-0.3, -0.25) is 0 Å². The zero-order chi connectivity index (χ0) is 12.3. The van der Waals surface area contributed by atoms with Gasteiger partial charge in [-0.25, -0.2) is 4.39 Å². The lowest BCUT2D eigenvalue weighted by Crippen LogP contribution is -2.26. The van der Waals surface area contributed by atoms with E-state index in [0.717, 1.165) is 28.9 Å². The van der Waals surface area contributed by atoms with Crippen LogP contribution in [0.5, 0.6) is 0 Å². The average Bonchev–Trinajstić information content (AvgIpc) is 2.25. The summed E-state index contributed by atoms with van der Waals surface area (Å²) in [6.07, 6.45) is 5.00. The molecule has 0 amide bonds. The zero-order valence-electron chi connectivity index (χ0n) is 10.2. The highest BCUT2D eigenvalue weighted by Gasteiger charge is 2.24. The first kappa shape index (κ1) is 13.0. The molecule has 3 heteroatoms. The fourth-order valence-electron chi connectivity index (χ4n) is 2.41. The van der Waals surface area contributed by atoms with Crippen LogP contribution in [0.15, 0.2) is 22.7 Å². The van der Waals surface area contributed by atoms with Gasteiger partial charge in [0.15, 0.2) is 0 Å². The highest BCUT2D eigenvalue weighted by molar-refractivity contribution is 9.10. The minimum atomic E-state index is -0.0986. The summed E-state index contributed by atoms with van der Waals surface area (Å²) in [6, 6.07) is 5.36. The molecular weight excluding hydrogens is 281 g/mol. The Bertz CT molecular complexity index is 376. The van der Waals surface area contributed by atoms with Crippen LogP contribution in [-0.4, -0.2) is 6.54 Å². The summed E-state index contributed by atoms with van der Waals surface area (Å²) >= 11 is 3.42. The summed E-state index contributed by atoms with van der Waals surface area (Å²) in [7, 11) is 0. The predicted octanol–water partition coefficient (Wildman–Crippen LogP) is 4.43. The van der Waals surface area contributed by atoms with Gasteiger partial charge in [0.05, 0.1) is 0 Å². The fraction of sp³-hybridized carbons (Fsp3) is 0.571. The molecule has 0 bridgehead atoms. The van der Waals surface area contributed by atoms with E-state index >= 15 is 0 Å². The van der Waals surface area contributed by atoms with Crippen molar-refractivity contribution in [1.29, 1.82) is 0 Å². The predicted molar refractivity (Wildman–Crippen MR) is 72.5 cm³/mol. The zero-order valence-corrected chi connectivity index (χ0v) is 11.8. The summed E-state index contributed by atoms with van der Waals surface area (Å²) in [5, 5.41) is 3.41. The van der Waals surface area contributed by atoms with Crippen molar-refractivity contribution in [3.05, 3.63) is 34.1 Å². The lowest BCUT2D eigenvalue weighted by Gasteiger charge is -2.30. The van der Waals surface area contributed by atoms with Gasteiger partial charge in [-0.2, -0.15) is 0 Å². The summed E-state index contributed by atoms with van der Waals surface area (Å²) < 4.78 is 14.8. The third kappa shape index (κ3) is 3.29. The molecule has 0 spiro atoms. The molecular formula is C14H19BrFN. The van der Waals surface area contributed by atoms with E-state index in [1.807, 2.05) is 6.07 Å². The molecule has 1 aromatic rings. The Balaban J connectivity index is 2.14. The maximum absolute atomic E-state index is 13.9. The van der Waals surface area contributed by atoms with Crippen LogP contribution in [0.1, 0.15) is 44.2 Å². The quantitative estimate of drug-likeness (QED) is 0.848. The van der Waals surface area contributed by atoms with Crippen molar-refractivity contribution >= 4 is 15.9 Å². The van der Waals surface area contributed by atoms with Crippen molar-refractivity contribution in [2.24, 2.45) is 5.92 Å². The van der Waals surface area contributed by atoms with Gasteiger partial charge >= 0.3 is 0 Å². The summed E-state index contributed by atoms with van der Waals surface area (Å²) in [5.41, 5.74) is 0.799. The molecule has 1 aliphatic carbocycles. The highest BCUT2D eigenvalue weighted by atomic mass is 79.9. The molecule has 0 aromatic heterocycles. The standard InChI is InChI=1S/C14H19BrFN/c1-2-17-14(8-10-4-3-5-10)12-9-11(15)6-7-13(12)16/h6-7,9-10,14,17H,2-5,8H2,1H3. The average molecular weight is 300 g/mol. The van der Waals surface area contributed by atoms with Crippen LogP contribution in [0.25, 0.3) is 0 Å². The van der Waals surface area contributed by atoms with Gasteiger partial charge in [0, 0.05) is 16.1 Å². The molecule has 1 nitrogen and oxygen atoms in total. The summed E-state index contributed by atoms with van der Waals surface area (Å²) in [4.78, 5) is 0. The van der Waals surface area contributed by atoms with E-state index in [0.29, 0.717) is 0 Å². The number of rotatable bonds is 5. The monoisotopic (exact) mass is 299 g/mol. The maximum Gasteiger partial charge on any atom is 0.128 e. The van der Waals surface area contributed by atoms with Gasteiger partial charge in [0.2, 0.25) is 0 Å². The van der Waals surface area contributed by atoms with Gasteiger partial charge in [-0.1, -0.05) is 42.1 Å². The Labute approximate surface area is 111 Å². The lowest BCUT2D eigenvalue weighted by molar-refractivity contribution is 0.260. The highest BCUT2D eigenvalue weighted by Crippen LogP contribution is 2.35. The Morgan fingerprint density at radius 3 is 2.82 bits per heavy atom. The van der Waals surface area contributed by atoms with E-state index in [1.165, 1.54) is 19.3 Å². The van der Waals surface area contributed by atoms with Crippen LogP contribution in [0.4, 0.5) is 4.39 Å². The molecule has 0 heterocycles. The third-order valence-electron chi connectivity index (χ3n) is 3.58. The fourth-order valence-corrected chi connectivity index (χ4v) is 2.79. The van der Waals surface area contributed by atoms with Crippen molar-refractivity contribution in [2.45, 2.75) is 38.6 Å². The van der Waals surface area contributed by atoms with E-state index in [-0.39, 0.29) is 11.9 Å². The molecule has 1 fully saturated rings. The van der Waals surface area contributed by atoms with E-state index in [4.69, 9.17) is 0 Å². The number of benzene rings is 1. The SMILES string of the molecule is CCNC(CC1CCC1)c1cc(Br)ccc1F. The molecule has 0 aliphatic heterocycles. The number of hydrogen-bond acceptors (Lipinski definition) is 1. The first-order valence-corrected chi connectivity index (χ1v) is 7.18. The second-order valence-electron chi connectivity index (χ2n) is 4.81. The van der Waals surface area contributed by atoms with Crippen molar-refractivity contribution in [1.82, 2.24) is 5.32 Å². The van der Waals surface area contributed by atoms with Crippen LogP contribution in [0.2, 0.25) is 0 Å². The van der Waals surface area contributed by atoms with Crippen LogP contribution >= 0.6 is 15.9 Å². The molecule has 0 saturated heterocycles. The molecule has 1 N–H and O–H groups in total. The Morgan fingerprint density at radius 1 is 1.47 bits per heavy atom. The first-order valence-electron chi connectivity index (χ1n) is 6.39. The van der Waals surface area contributed by atoms with Gasteiger partial charge in [0.1, 0.15) is 5.82 Å². The molecule has 1 aromatic carbocycles. The van der Waals surface area contributed by atoms with Crippen molar-refractivity contribution in [3.8, 4) is 0 Å². The molecule has 1 aliphatic rings. The second-order valence-corrected chi connectivity index (χ2v) is 5.72. The van der Waals surface area contributed by atoms with E-state index < -0.39 is 0 Å². The molecule has 1 unspecified atom stereocenters. The number of hydrogen-bond donors (Lipinski definition) is 1. The summed E-state index contributed by atoms with van der Waals surface area (Å²) in [5.74, 6) is 0.677. The first-order chi connectivity index (χ1) is 8.20. The van der Waals surface area contributed by atoms with Crippen LogP contribution in [0.3, 0.4) is 0 Å². The normalized spacial score (nSPS) is 17.8. The van der Waals surface area contributed by atoms with Crippen molar-refractivity contribution < 1.29 is 4.39 Å². The maximum atomic E-state index is 13.9. The van der Waals surface area contributed by atoms with Gasteiger partial charge in [0.25, 0.3) is 0 Å². The molecule has 2 rings (SSSR count). The van der Waals surface area contributed by atoms with Crippen molar-refractivity contribution in [2.75, 3.05) is 6.54 Å². The molecule has 1 saturated carbocycles. The van der Waals surface area contributed by atoms with E-state index in [9.17, 15) is 4.39 Å². The number of halogens is 2. The Hall–Kier alpha value is -0.410. The van der Waals surface area contributed by atoms with E-state index in [2.05, 4.69) is 28.2 Å². The largest absolute Gasteiger partial charge is 0.310 e. The lowest BCUT2D eigenvalue weighted by atomic mass is 9.79. The van der Waals surface area contributed by atoms with Gasteiger partial charge in [-0.05, 0) is 37.1 Å². The van der Waals surface area contributed by atoms with Gasteiger partial charge < -0.3 is 5.32 Å². The summed E-state index contributed by atoms with van der Waals surface area (Å²) in [6.45, 7) is 2.95. The molecule has 17 heavy (non-hydrogen) atoms. The molecule has 0 radical (unpaired) electrons. The third-order valence-corrected chi connectivity index (χ3v) is 4.07. The minimum absolute atomic E-state index is 0.0986. The Kier molecular flexibility index (Phi) is 4.57. The topological polar surface area (TPSA) is 12.0 Å². The smallest absolute Gasteiger partial charge is 0.128 e. The second kappa shape index (κ2) is 5.96. The van der Waals surface area contributed by atoms with E-state index in [1.54, 1.807) is 12.1 Å². The van der Waals surface area contributed by atoms with Gasteiger partial charge in [-0.15, -0.1) is 0 Å². The minimum Gasteiger partial charge on any atom is -0.310 e. The van der Waals surface area contributed by atoms with Crippen LogP contribution < -0.4 is 5.32 Å². The number of nitrogens with one attached hydrogen (secondary N) is 1. The molecule has 1 atom stereocenters. The van der Waals surface area contributed by atoms with Crippen LogP contribution in [0, 0.1) is 11.7 Å². The van der Waals surface area contributed by atoms with Crippen LogP contribution in [-0.2, 0) is 0 Å². The molecule has 94 valence electrons. The Morgan fingerprint density at radius 2 is 2.24 bits per heavy atom.